The summed E-state index contributed by atoms with van der Waals surface area (Å²) in [5.74, 6) is 0. The Labute approximate surface area is 95.2 Å². The first kappa shape index (κ1) is 13.8. The number of piperidine rings is 1. The van der Waals surface area contributed by atoms with Crippen molar-refractivity contribution in [3.8, 4) is 0 Å². The maximum Gasteiger partial charge on any atom is 0.401 e. The van der Waals surface area contributed by atoms with Gasteiger partial charge in [-0.15, -0.1) is 0 Å². The van der Waals surface area contributed by atoms with Crippen LogP contribution in [0.15, 0.2) is 0 Å². The van der Waals surface area contributed by atoms with E-state index in [1.807, 2.05) is 0 Å². The SMILES string of the molecule is CCN(CCC1CCCCN1)CC(F)(F)F. The van der Waals surface area contributed by atoms with Crippen LogP contribution in [0.4, 0.5) is 13.2 Å². The molecule has 0 saturated carbocycles. The molecule has 1 aliphatic rings. The van der Waals surface area contributed by atoms with E-state index in [9.17, 15) is 13.2 Å². The van der Waals surface area contributed by atoms with Gasteiger partial charge in [0.25, 0.3) is 0 Å². The normalized spacial score (nSPS) is 22.7. The fraction of sp³-hybridized carbons (Fsp3) is 1.00. The van der Waals surface area contributed by atoms with Crippen molar-refractivity contribution in [3.63, 3.8) is 0 Å². The molecule has 16 heavy (non-hydrogen) atoms. The number of nitrogens with zero attached hydrogens (tertiary/aromatic N) is 1. The molecule has 1 heterocycles. The molecule has 1 rings (SSSR count). The molecule has 0 aromatic carbocycles. The molecular weight excluding hydrogens is 217 g/mol. The summed E-state index contributed by atoms with van der Waals surface area (Å²) in [7, 11) is 0. The van der Waals surface area contributed by atoms with E-state index < -0.39 is 12.7 Å². The topological polar surface area (TPSA) is 15.3 Å². The maximum absolute atomic E-state index is 12.2. The average Bonchev–Trinajstić information content (AvgIpc) is 2.24. The van der Waals surface area contributed by atoms with E-state index >= 15 is 0 Å². The molecule has 0 spiro atoms. The zero-order chi connectivity index (χ0) is 12.0. The molecule has 0 bridgehead atoms. The Morgan fingerprint density at radius 1 is 1.31 bits per heavy atom. The molecule has 0 aromatic heterocycles. The van der Waals surface area contributed by atoms with Crippen molar-refractivity contribution in [2.75, 3.05) is 26.2 Å². The Kier molecular flexibility index (Phi) is 5.55. The van der Waals surface area contributed by atoms with Crippen LogP contribution in [-0.4, -0.2) is 43.3 Å². The van der Waals surface area contributed by atoms with Crippen molar-refractivity contribution in [3.05, 3.63) is 0 Å². The lowest BCUT2D eigenvalue weighted by Gasteiger charge is -2.27. The Morgan fingerprint density at radius 2 is 2.06 bits per heavy atom. The van der Waals surface area contributed by atoms with Crippen LogP contribution >= 0.6 is 0 Å². The fourth-order valence-electron chi connectivity index (χ4n) is 2.11. The summed E-state index contributed by atoms with van der Waals surface area (Å²) >= 11 is 0. The second kappa shape index (κ2) is 6.45. The predicted molar refractivity (Wildman–Crippen MR) is 58.4 cm³/mol. The summed E-state index contributed by atoms with van der Waals surface area (Å²) in [4.78, 5) is 1.47. The van der Waals surface area contributed by atoms with Gasteiger partial charge in [-0.3, -0.25) is 4.90 Å². The zero-order valence-electron chi connectivity index (χ0n) is 9.82. The second-order valence-corrected chi connectivity index (χ2v) is 4.42. The van der Waals surface area contributed by atoms with Crippen molar-refractivity contribution >= 4 is 0 Å². The highest BCUT2D eigenvalue weighted by molar-refractivity contribution is 4.74. The molecule has 0 aromatic rings. The summed E-state index contributed by atoms with van der Waals surface area (Å²) < 4.78 is 36.6. The lowest BCUT2D eigenvalue weighted by atomic mass is 10.0. The fourth-order valence-corrected chi connectivity index (χ4v) is 2.11. The number of halogens is 3. The molecule has 1 unspecified atom stereocenters. The quantitative estimate of drug-likeness (QED) is 0.791. The summed E-state index contributed by atoms with van der Waals surface area (Å²) in [5.41, 5.74) is 0. The number of hydrogen-bond donors (Lipinski definition) is 1. The Morgan fingerprint density at radius 3 is 2.56 bits per heavy atom. The maximum atomic E-state index is 12.2. The van der Waals surface area contributed by atoms with Gasteiger partial charge in [0.05, 0.1) is 6.54 Å². The third-order valence-corrected chi connectivity index (χ3v) is 3.06. The van der Waals surface area contributed by atoms with Crippen molar-refractivity contribution in [1.82, 2.24) is 10.2 Å². The van der Waals surface area contributed by atoms with E-state index in [1.54, 1.807) is 6.92 Å². The van der Waals surface area contributed by atoms with E-state index in [-0.39, 0.29) is 0 Å². The Hall–Kier alpha value is -0.290. The molecule has 0 amide bonds. The van der Waals surface area contributed by atoms with Crippen LogP contribution in [0.25, 0.3) is 0 Å². The second-order valence-electron chi connectivity index (χ2n) is 4.42. The van der Waals surface area contributed by atoms with Gasteiger partial charge in [-0.1, -0.05) is 13.3 Å². The molecular formula is C11H21F3N2. The number of hydrogen-bond acceptors (Lipinski definition) is 2. The van der Waals surface area contributed by atoms with Crippen LogP contribution in [0.3, 0.4) is 0 Å². The highest BCUT2D eigenvalue weighted by Crippen LogP contribution is 2.17. The van der Waals surface area contributed by atoms with Gasteiger partial charge in [-0.25, -0.2) is 0 Å². The monoisotopic (exact) mass is 238 g/mol. The van der Waals surface area contributed by atoms with Gasteiger partial charge in [0.2, 0.25) is 0 Å². The smallest absolute Gasteiger partial charge is 0.314 e. The number of rotatable bonds is 5. The van der Waals surface area contributed by atoms with E-state index in [0.717, 1.165) is 19.4 Å². The predicted octanol–water partition coefficient (Wildman–Crippen LogP) is 2.40. The average molecular weight is 238 g/mol. The summed E-state index contributed by atoms with van der Waals surface area (Å²) in [5, 5.41) is 3.35. The van der Waals surface area contributed by atoms with Crippen LogP contribution in [0, 0.1) is 0 Å². The first-order chi connectivity index (χ1) is 7.51. The molecule has 1 fully saturated rings. The van der Waals surface area contributed by atoms with E-state index in [2.05, 4.69) is 5.32 Å². The van der Waals surface area contributed by atoms with Crippen molar-refractivity contribution in [2.24, 2.45) is 0 Å². The highest BCUT2D eigenvalue weighted by atomic mass is 19.4. The van der Waals surface area contributed by atoms with Gasteiger partial charge in [0, 0.05) is 6.04 Å². The lowest BCUT2D eigenvalue weighted by molar-refractivity contribution is -0.145. The molecule has 1 saturated heterocycles. The molecule has 0 radical (unpaired) electrons. The molecule has 0 aliphatic carbocycles. The minimum Gasteiger partial charge on any atom is -0.314 e. The van der Waals surface area contributed by atoms with Crippen LogP contribution in [0.2, 0.25) is 0 Å². The lowest BCUT2D eigenvalue weighted by Crippen LogP contribution is -2.40. The van der Waals surface area contributed by atoms with Gasteiger partial charge < -0.3 is 5.32 Å². The number of nitrogens with one attached hydrogen (secondary N) is 1. The minimum atomic E-state index is -4.07. The van der Waals surface area contributed by atoms with Gasteiger partial charge in [0.15, 0.2) is 0 Å². The van der Waals surface area contributed by atoms with Gasteiger partial charge in [0.1, 0.15) is 0 Å². The van der Waals surface area contributed by atoms with Crippen LogP contribution < -0.4 is 5.32 Å². The summed E-state index contributed by atoms with van der Waals surface area (Å²) in [6, 6.07) is 0.413. The van der Waals surface area contributed by atoms with Crippen LogP contribution in [0.5, 0.6) is 0 Å². The van der Waals surface area contributed by atoms with E-state index in [0.29, 0.717) is 19.1 Å². The summed E-state index contributed by atoms with van der Waals surface area (Å²) in [6.45, 7) is 3.01. The van der Waals surface area contributed by atoms with E-state index in [1.165, 1.54) is 17.7 Å². The van der Waals surface area contributed by atoms with Crippen molar-refractivity contribution in [2.45, 2.75) is 44.8 Å². The van der Waals surface area contributed by atoms with Crippen LogP contribution in [0.1, 0.15) is 32.6 Å². The minimum absolute atomic E-state index is 0.413. The van der Waals surface area contributed by atoms with Gasteiger partial charge in [-0.2, -0.15) is 13.2 Å². The molecule has 2 nitrogen and oxygen atoms in total. The third-order valence-electron chi connectivity index (χ3n) is 3.06. The van der Waals surface area contributed by atoms with Crippen molar-refractivity contribution in [1.29, 1.82) is 0 Å². The Bertz CT molecular complexity index is 188. The molecule has 5 heteroatoms. The Balaban J connectivity index is 2.22. The van der Waals surface area contributed by atoms with Crippen molar-refractivity contribution < 1.29 is 13.2 Å². The standard InChI is InChI=1S/C11H21F3N2/c1-2-16(9-11(12,13)14)8-6-10-5-3-4-7-15-10/h10,15H,2-9H2,1H3. The number of alkyl halides is 3. The highest BCUT2D eigenvalue weighted by Gasteiger charge is 2.30. The first-order valence-corrected chi connectivity index (χ1v) is 6.04. The molecule has 1 atom stereocenters. The van der Waals surface area contributed by atoms with E-state index in [4.69, 9.17) is 0 Å². The molecule has 1 aliphatic heterocycles. The largest absolute Gasteiger partial charge is 0.401 e. The summed E-state index contributed by atoms with van der Waals surface area (Å²) in [6.07, 6.45) is 0.239. The first-order valence-electron chi connectivity index (χ1n) is 6.04. The third kappa shape index (κ3) is 5.70. The van der Waals surface area contributed by atoms with Crippen LogP contribution in [-0.2, 0) is 0 Å². The zero-order valence-corrected chi connectivity index (χ0v) is 9.82. The van der Waals surface area contributed by atoms with Gasteiger partial charge >= 0.3 is 6.18 Å². The molecule has 96 valence electrons. The molecule has 1 N–H and O–H groups in total. The van der Waals surface area contributed by atoms with Gasteiger partial charge in [-0.05, 0) is 38.9 Å².